The van der Waals surface area contributed by atoms with Crippen molar-refractivity contribution in [1.82, 2.24) is 4.90 Å². The lowest BCUT2D eigenvalue weighted by Gasteiger charge is -2.33. The van der Waals surface area contributed by atoms with Crippen LogP contribution in [0.15, 0.2) is 0 Å². The summed E-state index contributed by atoms with van der Waals surface area (Å²) in [5.41, 5.74) is 5.14. The molecule has 2 atom stereocenters. The van der Waals surface area contributed by atoms with Gasteiger partial charge in [0.2, 0.25) is 5.91 Å². The number of nitrogens with zero attached hydrogens (tertiary/aromatic N) is 1. The first-order valence-corrected chi connectivity index (χ1v) is 6.42. The molecule has 2 fully saturated rings. The molecule has 4 N–H and O–H groups in total. The molecule has 0 spiro atoms. The van der Waals surface area contributed by atoms with Crippen LogP contribution in [0.3, 0.4) is 0 Å². The Hall–Kier alpha value is -1.14. The van der Waals surface area contributed by atoms with Crippen molar-refractivity contribution in [2.24, 2.45) is 11.1 Å². The molecule has 18 heavy (non-hydrogen) atoms. The number of aliphatic hydroxyl groups excluding tert-OH is 1. The lowest BCUT2D eigenvalue weighted by Crippen LogP contribution is -2.50. The van der Waals surface area contributed by atoms with Crippen LogP contribution in [-0.4, -0.2) is 52.2 Å². The number of carbonyl (C=O) groups is 2. The molecule has 6 heteroatoms. The minimum Gasteiger partial charge on any atom is -0.480 e. The van der Waals surface area contributed by atoms with Crippen molar-refractivity contribution >= 4 is 11.9 Å². The quantitative estimate of drug-likeness (QED) is 0.634. The second-order valence-electron chi connectivity index (χ2n) is 5.39. The van der Waals surface area contributed by atoms with E-state index in [9.17, 15) is 14.7 Å². The van der Waals surface area contributed by atoms with Crippen molar-refractivity contribution < 1.29 is 19.8 Å². The summed E-state index contributed by atoms with van der Waals surface area (Å²) in [5.74, 6) is -1.24. The van der Waals surface area contributed by atoms with Gasteiger partial charge in [-0.25, -0.2) is 4.79 Å². The number of aliphatic hydroxyl groups is 1. The number of carbonyl (C=O) groups excluding carboxylic acids is 1. The lowest BCUT2D eigenvalue weighted by molar-refractivity contribution is -0.152. The molecule has 1 heterocycles. The Labute approximate surface area is 106 Å². The molecule has 2 aliphatic rings. The normalized spacial score (nSPS) is 30.7. The Morgan fingerprint density at radius 3 is 2.44 bits per heavy atom. The fraction of sp³-hybridized carbons (Fsp3) is 0.833. The van der Waals surface area contributed by atoms with Crippen LogP contribution in [-0.2, 0) is 9.59 Å². The van der Waals surface area contributed by atoms with Crippen LogP contribution >= 0.6 is 0 Å². The zero-order valence-electron chi connectivity index (χ0n) is 10.3. The van der Waals surface area contributed by atoms with Crippen LogP contribution in [0.5, 0.6) is 0 Å². The summed E-state index contributed by atoms with van der Waals surface area (Å²) in [6, 6.07) is -0.906. The van der Waals surface area contributed by atoms with Crippen LogP contribution in [0.25, 0.3) is 0 Å². The second kappa shape index (κ2) is 4.85. The van der Waals surface area contributed by atoms with Crippen molar-refractivity contribution in [3.05, 3.63) is 0 Å². The van der Waals surface area contributed by atoms with Gasteiger partial charge in [0, 0.05) is 19.5 Å². The molecule has 0 aromatic rings. The maximum Gasteiger partial charge on any atom is 0.326 e. The van der Waals surface area contributed by atoms with E-state index in [0.29, 0.717) is 0 Å². The summed E-state index contributed by atoms with van der Waals surface area (Å²) >= 11 is 0. The molecule has 1 amide bonds. The van der Waals surface area contributed by atoms with Gasteiger partial charge in [-0.1, -0.05) is 12.8 Å². The highest BCUT2D eigenvalue weighted by Crippen LogP contribution is 2.40. The molecule has 102 valence electrons. The summed E-state index contributed by atoms with van der Waals surface area (Å²) in [6.45, 7) is 0.363. The van der Waals surface area contributed by atoms with Gasteiger partial charge in [0.05, 0.1) is 11.5 Å². The third-order valence-corrected chi connectivity index (χ3v) is 4.23. The predicted octanol–water partition coefficient (Wildman–Crippen LogP) is -0.448. The largest absolute Gasteiger partial charge is 0.480 e. The molecule has 1 saturated carbocycles. The molecule has 6 nitrogen and oxygen atoms in total. The molecule has 0 aromatic carbocycles. The maximum absolute atomic E-state index is 12.5. The highest BCUT2D eigenvalue weighted by Gasteiger charge is 2.48. The van der Waals surface area contributed by atoms with Gasteiger partial charge < -0.3 is 20.8 Å². The van der Waals surface area contributed by atoms with Gasteiger partial charge in [-0.05, 0) is 12.8 Å². The van der Waals surface area contributed by atoms with Gasteiger partial charge in [-0.2, -0.15) is 0 Å². The predicted molar refractivity (Wildman–Crippen MR) is 63.7 cm³/mol. The van der Waals surface area contributed by atoms with Crippen LogP contribution in [0.4, 0.5) is 0 Å². The Kier molecular flexibility index (Phi) is 3.59. The average molecular weight is 256 g/mol. The first-order chi connectivity index (χ1) is 8.50. The van der Waals surface area contributed by atoms with E-state index in [-0.39, 0.29) is 25.4 Å². The van der Waals surface area contributed by atoms with Crippen molar-refractivity contribution in [2.75, 3.05) is 13.1 Å². The number of hydrogen-bond acceptors (Lipinski definition) is 4. The van der Waals surface area contributed by atoms with E-state index in [1.54, 1.807) is 0 Å². The molecule has 1 unspecified atom stereocenters. The number of likely N-dealkylation sites (tertiary alicyclic amines) is 1. The number of rotatable bonds is 3. The van der Waals surface area contributed by atoms with Crippen LogP contribution in [0, 0.1) is 5.41 Å². The van der Waals surface area contributed by atoms with E-state index in [4.69, 9.17) is 10.8 Å². The highest BCUT2D eigenvalue weighted by atomic mass is 16.4. The smallest absolute Gasteiger partial charge is 0.326 e. The van der Waals surface area contributed by atoms with Crippen molar-refractivity contribution in [2.45, 2.75) is 44.2 Å². The number of carboxylic acids is 1. The average Bonchev–Trinajstić information content (AvgIpc) is 2.95. The molecular formula is C12H20N2O4. The summed E-state index contributed by atoms with van der Waals surface area (Å²) in [7, 11) is 0. The van der Waals surface area contributed by atoms with Gasteiger partial charge >= 0.3 is 5.97 Å². The molecule has 1 saturated heterocycles. The number of hydrogen-bond donors (Lipinski definition) is 3. The Morgan fingerprint density at radius 2 is 1.94 bits per heavy atom. The number of aliphatic carboxylic acids is 1. The Morgan fingerprint density at radius 1 is 1.33 bits per heavy atom. The zero-order valence-corrected chi connectivity index (χ0v) is 10.3. The number of carboxylic acid groups (broad SMARTS) is 1. The monoisotopic (exact) mass is 256 g/mol. The van der Waals surface area contributed by atoms with E-state index >= 15 is 0 Å². The van der Waals surface area contributed by atoms with Gasteiger partial charge in [0.25, 0.3) is 0 Å². The molecule has 1 aliphatic heterocycles. The third kappa shape index (κ3) is 2.10. The number of amides is 1. The SMILES string of the molecule is NCC1(C(=O)N2CC(O)C[C@H]2C(=O)O)CCCC1. The molecule has 0 aromatic heterocycles. The zero-order chi connectivity index (χ0) is 13.3. The lowest BCUT2D eigenvalue weighted by atomic mass is 9.84. The van der Waals surface area contributed by atoms with Crippen LogP contribution in [0.1, 0.15) is 32.1 Å². The molecule has 0 bridgehead atoms. The molecular weight excluding hydrogens is 236 g/mol. The van der Waals surface area contributed by atoms with Gasteiger partial charge in [-0.15, -0.1) is 0 Å². The van der Waals surface area contributed by atoms with Crippen molar-refractivity contribution in [3.8, 4) is 0 Å². The van der Waals surface area contributed by atoms with Gasteiger partial charge in [0.1, 0.15) is 6.04 Å². The second-order valence-corrected chi connectivity index (χ2v) is 5.39. The minimum absolute atomic E-state index is 0.109. The fourth-order valence-corrected chi connectivity index (χ4v) is 3.13. The van der Waals surface area contributed by atoms with Crippen molar-refractivity contribution in [1.29, 1.82) is 0 Å². The van der Waals surface area contributed by atoms with Crippen LogP contribution in [0.2, 0.25) is 0 Å². The molecule has 1 aliphatic carbocycles. The van der Waals surface area contributed by atoms with Crippen molar-refractivity contribution in [3.63, 3.8) is 0 Å². The summed E-state index contributed by atoms with van der Waals surface area (Å²) < 4.78 is 0. The minimum atomic E-state index is -1.05. The number of nitrogens with two attached hydrogens (primary N) is 1. The van der Waals surface area contributed by atoms with E-state index in [2.05, 4.69) is 0 Å². The van der Waals surface area contributed by atoms with Gasteiger partial charge in [-0.3, -0.25) is 4.79 Å². The maximum atomic E-state index is 12.5. The van der Waals surface area contributed by atoms with E-state index in [1.807, 2.05) is 0 Å². The third-order valence-electron chi connectivity index (χ3n) is 4.23. The first kappa shape index (κ1) is 13.3. The summed E-state index contributed by atoms with van der Waals surface area (Å²) in [5, 5.41) is 18.7. The standard InChI is InChI=1S/C12H20N2O4/c13-7-12(3-1-2-4-12)11(18)14-6-8(15)5-9(14)10(16)17/h8-9,15H,1-7,13H2,(H,16,17)/t8?,9-/m0/s1. The summed E-state index contributed by atoms with van der Waals surface area (Å²) in [6.07, 6.45) is 2.73. The topological polar surface area (TPSA) is 104 Å². The molecule has 2 rings (SSSR count). The Balaban J connectivity index is 2.19. The fourth-order valence-electron chi connectivity index (χ4n) is 3.13. The van der Waals surface area contributed by atoms with Gasteiger partial charge in [0.15, 0.2) is 0 Å². The highest BCUT2D eigenvalue weighted by molar-refractivity contribution is 5.88. The van der Waals surface area contributed by atoms with E-state index in [1.165, 1.54) is 4.90 Å². The van der Waals surface area contributed by atoms with E-state index < -0.39 is 23.5 Å². The first-order valence-electron chi connectivity index (χ1n) is 6.42. The van der Waals surface area contributed by atoms with E-state index in [0.717, 1.165) is 25.7 Å². The summed E-state index contributed by atoms with van der Waals surface area (Å²) in [4.78, 5) is 25.0. The molecule has 0 radical (unpaired) electrons. The number of β-amino-alcohol motifs (C(OH)–C–C–N with tert-alkyl or cyclic N) is 1. The Bertz CT molecular complexity index is 352. The van der Waals surface area contributed by atoms with Crippen LogP contribution < -0.4 is 5.73 Å².